The summed E-state index contributed by atoms with van der Waals surface area (Å²) in [7, 11) is 0. The highest BCUT2D eigenvalue weighted by Gasteiger charge is 2.33. The van der Waals surface area contributed by atoms with E-state index in [1.54, 1.807) is 0 Å². The van der Waals surface area contributed by atoms with E-state index >= 15 is 0 Å². The molecule has 106 valence electrons. The molecule has 2 fully saturated rings. The maximum absolute atomic E-state index is 5.54. The molecule has 1 aromatic heterocycles. The lowest BCUT2D eigenvalue weighted by molar-refractivity contribution is 0.337. The molecule has 0 bridgehead atoms. The molecule has 3 atom stereocenters. The van der Waals surface area contributed by atoms with Crippen molar-refractivity contribution in [2.75, 3.05) is 35.3 Å². The van der Waals surface area contributed by atoms with E-state index in [0.29, 0.717) is 17.2 Å². The summed E-state index contributed by atoms with van der Waals surface area (Å²) in [5.41, 5.74) is 0. The lowest BCUT2D eigenvalue weighted by atomic mass is 10.0. The average Bonchev–Trinajstić information content (AvgIpc) is 3.08. The van der Waals surface area contributed by atoms with Crippen molar-refractivity contribution in [1.82, 2.24) is 15.5 Å². The van der Waals surface area contributed by atoms with Crippen LogP contribution < -0.4 is 5.32 Å². The molecule has 3 heterocycles. The Hall–Kier alpha value is 0.150. The van der Waals surface area contributed by atoms with Gasteiger partial charge >= 0.3 is 0 Å². The van der Waals surface area contributed by atoms with Gasteiger partial charge in [0.05, 0.1) is 11.2 Å². The summed E-state index contributed by atoms with van der Waals surface area (Å²) in [4.78, 5) is 4.68. The molecule has 0 aromatic carbocycles. The summed E-state index contributed by atoms with van der Waals surface area (Å²) >= 11 is 5.92. The van der Waals surface area contributed by atoms with Crippen molar-refractivity contribution in [3.63, 3.8) is 0 Å². The zero-order chi connectivity index (χ0) is 13.1. The molecular weight excluding hydrogens is 298 g/mol. The van der Waals surface area contributed by atoms with Gasteiger partial charge in [-0.15, -0.1) is 11.8 Å². The molecule has 2 aliphatic rings. The van der Waals surface area contributed by atoms with Gasteiger partial charge in [-0.1, -0.05) is 12.1 Å². The molecule has 19 heavy (non-hydrogen) atoms. The van der Waals surface area contributed by atoms with Gasteiger partial charge in [-0.05, 0) is 6.54 Å². The third kappa shape index (κ3) is 3.25. The molecule has 2 saturated heterocycles. The van der Waals surface area contributed by atoms with Crippen molar-refractivity contribution in [1.29, 1.82) is 0 Å². The number of hydrogen-bond acceptors (Lipinski definition) is 7. The summed E-state index contributed by atoms with van der Waals surface area (Å²) in [5, 5.41) is 8.16. The normalized spacial score (nSPS) is 31.7. The van der Waals surface area contributed by atoms with Crippen LogP contribution in [0.15, 0.2) is 4.52 Å². The molecule has 7 heteroatoms. The highest BCUT2D eigenvalue weighted by atomic mass is 32.2. The molecule has 1 aromatic rings. The van der Waals surface area contributed by atoms with E-state index in [1.807, 2.05) is 35.3 Å². The van der Waals surface area contributed by atoms with Crippen LogP contribution in [0, 0.1) is 0 Å². The lowest BCUT2D eigenvalue weighted by Gasteiger charge is -2.17. The van der Waals surface area contributed by atoms with Gasteiger partial charge in [0.25, 0.3) is 0 Å². The van der Waals surface area contributed by atoms with Crippen LogP contribution in [0.1, 0.15) is 29.8 Å². The van der Waals surface area contributed by atoms with Crippen molar-refractivity contribution in [3.05, 3.63) is 11.7 Å². The fourth-order valence-corrected chi connectivity index (χ4v) is 6.38. The quantitative estimate of drug-likeness (QED) is 0.915. The second kappa shape index (κ2) is 6.74. The first-order valence-electron chi connectivity index (χ1n) is 6.72. The number of likely N-dealkylation sites (N-methyl/N-ethyl adjacent to an activating group) is 1. The summed E-state index contributed by atoms with van der Waals surface area (Å²) in [5.74, 6) is 7.90. The van der Waals surface area contributed by atoms with Gasteiger partial charge < -0.3 is 9.84 Å². The van der Waals surface area contributed by atoms with Crippen LogP contribution in [-0.2, 0) is 0 Å². The van der Waals surface area contributed by atoms with Crippen LogP contribution in [0.4, 0.5) is 0 Å². The number of thioether (sulfide) groups is 3. The van der Waals surface area contributed by atoms with E-state index in [-0.39, 0.29) is 0 Å². The van der Waals surface area contributed by atoms with Crippen molar-refractivity contribution in [2.45, 2.75) is 24.1 Å². The Morgan fingerprint density at radius 3 is 3.00 bits per heavy atom. The Labute approximate surface area is 126 Å². The number of aromatic nitrogens is 2. The van der Waals surface area contributed by atoms with Gasteiger partial charge in [0.1, 0.15) is 0 Å². The molecule has 0 radical (unpaired) electrons. The van der Waals surface area contributed by atoms with E-state index < -0.39 is 0 Å². The molecule has 2 aliphatic heterocycles. The molecular formula is C12H19N3OS3. The zero-order valence-electron chi connectivity index (χ0n) is 11.0. The number of nitrogens with zero attached hydrogens (tertiary/aromatic N) is 2. The van der Waals surface area contributed by atoms with E-state index in [0.717, 1.165) is 35.5 Å². The summed E-state index contributed by atoms with van der Waals surface area (Å²) in [6.07, 6.45) is 0. The monoisotopic (exact) mass is 317 g/mol. The van der Waals surface area contributed by atoms with Crippen LogP contribution in [0.3, 0.4) is 0 Å². The minimum atomic E-state index is 0.382. The third-order valence-electron chi connectivity index (χ3n) is 3.43. The van der Waals surface area contributed by atoms with Gasteiger partial charge in [-0.2, -0.15) is 28.5 Å². The minimum Gasteiger partial charge on any atom is -0.339 e. The maximum Gasteiger partial charge on any atom is 0.232 e. The van der Waals surface area contributed by atoms with Crippen molar-refractivity contribution >= 4 is 35.3 Å². The number of hydrogen-bond donors (Lipinski definition) is 1. The van der Waals surface area contributed by atoms with Gasteiger partial charge in [0.2, 0.25) is 5.89 Å². The van der Waals surface area contributed by atoms with Crippen molar-refractivity contribution in [2.24, 2.45) is 0 Å². The lowest BCUT2D eigenvalue weighted by Crippen LogP contribution is -2.34. The minimum absolute atomic E-state index is 0.382. The van der Waals surface area contributed by atoms with Crippen LogP contribution in [0.2, 0.25) is 0 Å². The summed E-state index contributed by atoms with van der Waals surface area (Å²) < 4.78 is 5.54. The van der Waals surface area contributed by atoms with Gasteiger partial charge in [0.15, 0.2) is 5.82 Å². The Morgan fingerprint density at radius 2 is 2.21 bits per heavy atom. The first kappa shape index (κ1) is 14.1. The summed E-state index contributed by atoms with van der Waals surface area (Å²) in [6.45, 7) is 3.15. The SMILES string of the molecule is CCNC1CSCC1c1nc(C2CSCCS2)no1. The van der Waals surface area contributed by atoms with E-state index in [4.69, 9.17) is 4.52 Å². The topological polar surface area (TPSA) is 51.0 Å². The fraction of sp³-hybridized carbons (Fsp3) is 0.833. The molecule has 1 N–H and O–H groups in total. The van der Waals surface area contributed by atoms with E-state index in [1.165, 1.54) is 11.5 Å². The Bertz CT molecular complexity index is 409. The average molecular weight is 318 g/mol. The molecule has 3 rings (SSSR count). The van der Waals surface area contributed by atoms with E-state index in [2.05, 4.69) is 22.4 Å². The maximum atomic E-state index is 5.54. The Morgan fingerprint density at radius 1 is 1.26 bits per heavy atom. The second-order valence-corrected chi connectivity index (χ2v) is 8.27. The summed E-state index contributed by atoms with van der Waals surface area (Å²) in [6, 6.07) is 0.483. The standard InChI is InChI=1S/C12H19N3OS3/c1-2-13-9-6-18-5-8(9)12-14-11(15-16-12)10-7-17-3-4-19-10/h8-10,13H,2-7H2,1H3. The molecule has 3 unspecified atom stereocenters. The molecule has 4 nitrogen and oxygen atoms in total. The van der Waals surface area contributed by atoms with Crippen molar-refractivity contribution in [3.8, 4) is 0 Å². The zero-order valence-corrected chi connectivity index (χ0v) is 13.5. The smallest absolute Gasteiger partial charge is 0.232 e. The molecule has 0 saturated carbocycles. The van der Waals surface area contributed by atoms with Crippen LogP contribution in [0.25, 0.3) is 0 Å². The van der Waals surface area contributed by atoms with Gasteiger partial charge in [-0.25, -0.2) is 0 Å². The highest BCUT2D eigenvalue weighted by Crippen LogP contribution is 2.37. The van der Waals surface area contributed by atoms with Crippen LogP contribution >= 0.6 is 35.3 Å². The second-order valence-electron chi connectivity index (χ2n) is 4.73. The van der Waals surface area contributed by atoms with Crippen LogP contribution in [-0.4, -0.2) is 51.5 Å². The number of nitrogens with one attached hydrogen (secondary N) is 1. The largest absolute Gasteiger partial charge is 0.339 e. The molecule has 0 spiro atoms. The van der Waals surface area contributed by atoms with Gasteiger partial charge in [0, 0.05) is 34.8 Å². The Kier molecular flexibility index (Phi) is 5.00. The van der Waals surface area contributed by atoms with E-state index in [9.17, 15) is 0 Å². The Balaban J connectivity index is 1.69. The van der Waals surface area contributed by atoms with Crippen molar-refractivity contribution < 1.29 is 4.52 Å². The first-order chi connectivity index (χ1) is 9.38. The highest BCUT2D eigenvalue weighted by molar-refractivity contribution is 8.06. The van der Waals surface area contributed by atoms with Gasteiger partial charge in [-0.3, -0.25) is 0 Å². The fourth-order valence-electron chi connectivity index (χ4n) is 2.43. The third-order valence-corrected chi connectivity index (χ3v) is 7.37. The predicted octanol–water partition coefficient (Wildman–Crippen LogP) is 2.40. The predicted molar refractivity (Wildman–Crippen MR) is 84.4 cm³/mol. The first-order valence-corrected chi connectivity index (χ1v) is 10.1. The number of rotatable bonds is 4. The molecule has 0 aliphatic carbocycles. The van der Waals surface area contributed by atoms with Crippen LogP contribution in [0.5, 0.6) is 0 Å². The molecule has 0 amide bonds.